The zero-order chi connectivity index (χ0) is 18.6. The molecular weight excluding hydrogens is 346 g/mol. The Kier molecular flexibility index (Phi) is 5.50. The van der Waals surface area contributed by atoms with E-state index in [2.05, 4.69) is 10.00 Å². The number of hydrogen-bond donors (Lipinski definition) is 1. The van der Waals surface area contributed by atoms with E-state index in [0.717, 1.165) is 55.2 Å². The zero-order valence-electron chi connectivity index (χ0n) is 15.7. The average molecular weight is 373 g/mol. The molecule has 27 heavy (non-hydrogen) atoms. The molecule has 0 bridgehead atoms. The summed E-state index contributed by atoms with van der Waals surface area (Å²) in [5, 5.41) is 14.6. The lowest BCUT2D eigenvalue weighted by Crippen LogP contribution is -2.32. The summed E-state index contributed by atoms with van der Waals surface area (Å²) >= 11 is 0. The lowest BCUT2D eigenvalue weighted by molar-refractivity contribution is 0.117. The molecule has 1 aromatic carbocycles. The first-order valence-electron chi connectivity index (χ1n) is 9.62. The molecule has 4 rings (SSSR count). The second-order valence-corrected chi connectivity index (χ2v) is 7.25. The van der Waals surface area contributed by atoms with Crippen LogP contribution in [0.5, 0.6) is 17.2 Å². The van der Waals surface area contributed by atoms with E-state index >= 15 is 0 Å². The topological polar surface area (TPSA) is 69.0 Å². The third-order valence-corrected chi connectivity index (χ3v) is 5.31. The second kappa shape index (κ2) is 8.19. The highest BCUT2D eigenvalue weighted by atomic mass is 16.7. The summed E-state index contributed by atoms with van der Waals surface area (Å²) < 4.78 is 18.3. The van der Waals surface area contributed by atoms with Gasteiger partial charge in [-0.05, 0) is 44.4 Å². The lowest BCUT2D eigenvalue weighted by atomic mass is 10.0. The molecule has 1 aromatic heterocycles. The number of aromatic nitrogens is 2. The van der Waals surface area contributed by atoms with Crippen molar-refractivity contribution in [2.75, 3.05) is 26.5 Å². The van der Waals surface area contributed by atoms with Gasteiger partial charge in [0, 0.05) is 37.5 Å². The molecule has 0 radical (unpaired) electrons. The highest BCUT2D eigenvalue weighted by molar-refractivity contribution is 5.46. The van der Waals surface area contributed by atoms with Crippen molar-refractivity contribution in [2.24, 2.45) is 7.05 Å². The number of fused-ring (bicyclic) bond motifs is 1. The maximum Gasteiger partial charge on any atom is 0.231 e. The van der Waals surface area contributed by atoms with E-state index < -0.39 is 6.10 Å². The molecular formula is C20H27N3O4. The van der Waals surface area contributed by atoms with Crippen molar-refractivity contribution in [3.05, 3.63) is 36.2 Å². The smallest absolute Gasteiger partial charge is 0.231 e. The number of aliphatic hydroxyl groups excluding tert-OH is 1. The number of nitrogens with zero attached hydrogens (tertiary/aromatic N) is 3. The van der Waals surface area contributed by atoms with Crippen LogP contribution in [0.15, 0.2) is 30.6 Å². The number of ether oxygens (including phenoxy) is 3. The predicted octanol–water partition coefficient (Wildman–Crippen LogP) is 2.51. The third-order valence-electron chi connectivity index (χ3n) is 5.31. The van der Waals surface area contributed by atoms with Crippen molar-refractivity contribution in [2.45, 2.75) is 37.8 Å². The van der Waals surface area contributed by atoms with Crippen LogP contribution in [0.4, 0.5) is 0 Å². The Labute approximate surface area is 159 Å². The Bertz CT molecular complexity index is 763. The highest BCUT2D eigenvalue weighted by Gasteiger charge is 2.27. The van der Waals surface area contributed by atoms with E-state index in [1.165, 1.54) is 6.42 Å². The molecule has 0 amide bonds. The Hall–Kier alpha value is -2.25. The predicted molar refractivity (Wildman–Crippen MR) is 100 cm³/mol. The molecule has 0 saturated carbocycles. The van der Waals surface area contributed by atoms with Crippen molar-refractivity contribution >= 4 is 0 Å². The number of likely N-dealkylation sites (tertiary alicyclic amines) is 1. The van der Waals surface area contributed by atoms with Gasteiger partial charge in [0.25, 0.3) is 0 Å². The first kappa shape index (κ1) is 18.1. The van der Waals surface area contributed by atoms with Gasteiger partial charge in [0.1, 0.15) is 5.75 Å². The molecule has 0 aliphatic carbocycles. The minimum atomic E-state index is -0.450. The summed E-state index contributed by atoms with van der Waals surface area (Å²) in [5.41, 5.74) is 0.899. The fourth-order valence-corrected chi connectivity index (χ4v) is 3.89. The zero-order valence-corrected chi connectivity index (χ0v) is 15.7. The molecule has 1 saturated heterocycles. The molecule has 1 fully saturated rings. The largest absolute Gasteiger partial charge is 0.493 e. The maximum absolute atomic E-state index is 10.5. The Morgan fingerprint density at radius 3 is 3.07 bits per heavy atom. The van der Waals surface area contributed by atoms with Gasteiger partial charge in [0.15, 0.2) is 11.5 Å². The van der Waals surface area contributed by atoms with Gasteiger partial charge in [-0.3, -0.25) is 4.68 Å². The van der Waals surface area contributed by atoms with Crippen LogP contribution in [0.3, 0.4) is 0 Å². The fraction of sp³-hybridized carbons (Fsp3) is 0.550. The molecule has 3 heterocycles. The van der Waals surface area contributed by atoms with E-state index in [1.54, 1.807) is 10.9 Å². The minimum Gasteiger partial charge on any atom is -0.493 e. The number of hydrogen-bond acceptors (Lipinski definition) is 6. The minimum absolute atomic E-state index is 0.278. The maximum atomic E-state index is 10.5. The Morgan fingerprint density at radius 1 is 1.33 bits per heavy atom. The molecule has 1 N–H and O–H groups in total. The molecule has 7 heteroatoms. The summed E-state index contributed by atoms with van der Waals surface area (Å²) in [6.07, 6.45) is 7.23. The summed E-state index contributed by atoms with van der Waals surface area (Å²) in [7, 11) is 1.87. The monoisotopic (exact) mass is 373 g/mol. The standard InChI is InChI=1S/C20H27N3O4/c1-22-13-15(12-21-22)18(24)10-16-4-2-7-23(16)8-3-9-25-17-5-6-19-20(11-17)27-14-26-19/h5-6,11-13,16,18,24H,2-4,7-10,14H2,1H3/t16-,18+/m1/s1. The van der Waals surface area contributed by atoms with E-state index in [1.807, 2.05) is 31.4 Å². The molecule has 0 spiro atoms. The molecule has 2 aromatic rings. The van der Waals surface area contributed by atoms with Gasteiger partial charge < -0.3 is 24.2 Å². The first-order chi connectivity index (χ1) is 13.2. The number of aryl methyl sites for hydroxylation is 1. The number of aliphatic hydroxyl groups is 1. The molecule has 2 aliphatic heterocycles. The van der Waals surface area contributed by atoms with Gasteiger partial charge in [0.05, 0.1) is 18.9 Å². The van der Waals surface area contributed by atoms with E-state index in [-0.39, 0.29) is 6.79 Å². The quantitative estimate of drug-likeness (QED) is 0.717. The van der Waals surface area contributed by atoms with Gasteiger partial charge >= 0.3 is 0 Å². The van der Waals surface area contributed by atoms with E-state index in [9.17, 15) is 5.11 Å². The van der Waals surface area contributed by atoms with E-state index in [4.69, 9.17) is 14.2 Å². The first-order valence-corrected chi connectivity index (χ1v) is 9.62. The van der Waals surface area contributed by atoms with Crippen molar-refractivity contribution in [1.29, 1.82) is 0 Å². The molecule has 7 nitrogen and oxygen atoms in total. The highest BCUT2D eigenvalue weighted by Crippen LogP contribution is 2.35. The van der Waals surface area contributed by atoms with Gasteiger partial charge in [0.2, 0.25) is 6.79 Å². The van der Waals surface area contributed by atoms with Crippen LogP contribution in [0, 0.1) is 0 Å². The number of rotatable bonds is 8. The van der Waals surface area contributed by atoms with Crippen LogP contribution in [0.25, 0.3) is 0 Å². The van der Waals surface area contributed by atoms with Crippen molar-refractivity contribution in [1.82, 2.24) is 14.7 Å². The van der Waals surface area contributed by atoms with Gasteiger partial charge in [-0.25, -0.2) is 0 Å². The number of benzene rings is 1. The summed E-state index contributed by atoms with van der Waals surface area (Å²) in [6, 6.07) is 6.10. The lowest BCUT2D eigenvalue weighted by Gasteiger charge is -2.26. The van der Waals surface area contributed by atoms with Gasteiger partial charge in [-0.2, -0.15) is 5.10 Å². The third kappa shape index (κ3) is 4.36. The van der Waals surface area contributed by atoms with Crippen LogP contribution < -0.4 is 14.2 Å². The fourth-order valence-electron chi connectivity index (χ4n) is 3.89. The molecule has 146 valence electrons. The molecule has 2 atom stereocenters. The van der Waals surface area contributed by atoms with Crippen molar-refractivity contribution in [3.63, 3.8) is 0 Å². The molecule has 2 aliphatic rings. The normalized spacial score (nSPS) is 20.1. The van der Waals surface area contributed by atoms with Crippen LogP contribution in [0.2, 0.25) is 0 Å². The molecule has 0 unspecified atom stereocenters. The Balaban J connectivity index is 1.22. The summed E-state index contributed by atoms with van der Waals surface area (Å²) in [6.45, 7) is 3.01. The van der Waals surface area contributed by atoms with Crippen LogP contribution in [-0.4, -0.2) is 52.3 Å². The van der Waals surface area contributed by atoms with E-state index in [0.29, 0.717) is 12.6 Å². The summed E-state index contributed by atoms with van der Waals surface area (Å²) in [5.74, 6) is 2.33. The second-order valence-electron chi connectivity index (χ2n) is 7.25. The van der Waals surface area contributed by atoms with Crippen molar-refractivity contribution < 1.29 is 19.3 Å². The van der Waals surface area contributed by atoms with Crippen LogP contribution in [-0.2, 0) is 7.05 Å². The van der Waals surface area contributed by atoms with Crippen LogP contribution in [0.1, 0.15) is 37.4 Å². The summed E-state index contributed by atoms with van der Waals surface area (Å²) in [4.78, 5) is 2.47. The van der Waals surface area contributed by atoms with Gasteiger partial charge in [-0.15, -0.1) is 0 Å². The SMILES string of the molecule is Cn1cc([C@@H](O)C[C@H]2CCCN2CCCOc2ccc3c(c2)OCO3)cn1. The Morgan fingerprint density at radius 2 is 2.22 bits per heavy atom. The van der Waals surface area contributed by atoms with Crippen LogP contribution >= 0.6 is 0 Å². The van der Waals surface area contributed by atoms with Gasteiger partial charge in [-0.1, -0.05) is 0 Å². The van der Waals surface area contributed by atoms with Crippen molar-refractivity contribution in [3.8, 4) is 17.2 Å². The average Bonchev–Trinajstić information content (AvgIpc) is 3.39.